The zero-order chi connectivity index (χ0) is 13.6. The second-order valence-corrected chi connectivity index (χ2v) is 8.69. The van der Waals surface area contributed by atoms with Gasteiger partial charge in [-0.05, 0) is 30.1 Å². The van der Waals surface area contributed by atoms with Crippen LogP contribution in [0.5, 0.6) is 0 Å². The minimum absolute atomic E-state index is 0.174. The van der Waals surface area contributed by atoms with Crippen LogP contribution in [-0.2, 0) is 4.79 Å². The molecule has 1 amide bonds. The summed E-state index contributed by atoms with van der Waals surface area (Å²) in [4.78, 5) is 14.3. The van der Waals surface area contributed by atoms with Crippen molar-refractivity contribution in [1.82, 2.24) is 4.90 Å². The molecule has 2 aliphatic rings. The quantitative estimate of drug-likeness (QED) is 0.796. The SMILES string of the molecule is CC1(C)CC(N)CC(C)(CN2CC(Br)CC2=O)C1. The van der Waals surface area contributed by atoms with Gasteiger partial charge in [-0.15, -0.1) is 0 Å². The van der Waals surface area contributed by atoms with Gasteiger partial charge in [-0.2, -0.15) is 0 Å². The molecule has 0 aromatic rings. The lowest BCUT2D eigenvalue weighted by Gasteiger charge is -2.47. The Morgan fingerprint density at radius 1 is 1.39 bits per heavy atom. The van der Waals surface area contributed by atoms with Crippen LogP contribution in [0.4, 0.5) is 0 Å². The van der Waals surface area contributed by atoms with Gasteiger partial charge in [0.05, 0.1) is 0 Å². The number of amides is 1. The maximum absolute atomic E-state index is 11.9. The number of halogens is 1. The van der Waals surface area contributed by atoms with Crippen molar-refractivity contribution in [3.63, 3.8) is 0 Å². The van der Waals surface area contributed by atoms with E-state index in [2.05, 4.69) is 36.7 Å². The minimum atomic E-state index is 0.174. The second kappa shape index (κ2) is 4.78. The fourth-order valence-corrected chi connectivity index (χ4v) is 4.80. The third-order valence-corrected chi connectivity index (χ3v) is 4.83. The van der Waals surface area contributed by atoms with E-state index in [9.17, 15) is 4.79 Å². The number of carbonyl (C=O) groups excluding carboxylic acids is 1. The standard InChI is InChI=1S/C14H25BrN2O/c1-13(2)5-11(16)6-14(3,8-13)9-17-7-10(15)4-12(17)18/h10-11H,4-9,16H2,1-3H3. The second-order valence-electron chi connectivity index (χ2n) is 7.40. The highest BCUT2D eigenvalue weighted by molar-refractivity contribution is 9.09. The van der Waals surface area contributed by atoms with Crippen molar-refractivity contribution in [3.05, 3.63) is 0 Å². The van der Waals surface area contributed by atoms with Crippen LogP contribution in [0.15, 0.2) is 0 Å². The summed E-state index contributed by atoms with van der Waals surface area (Å²) in [6.07, 6.45) is 3.93. The highest BCUT2D eigenvalue weighted by Crippen LogP contribution is 2.46. The first-order valence-corrected chi connectivity index (χ1v) is 7.78. The number of nitrogens with two attached hydrogens (primary N) is 1. The Bertz CT molecular complexity index is 345. The predicted octanol–water partition coefficient (Wildman–Crippen LogP) is 2.53. The molecular weight excluding hydrogens is 292 g/mol. The average Bonchev–Trinajstić information content (AvgIpc) is 2.38. The molecular formula is C14H25BrN2O. The lowest BCUT2D eigenvalue weighted by Crippen LogP contribution is -2.48. The summed E-state index contributed by atoms with van der Waals surface area (Å²) in [5.74, 6) is 0.287. The molecule has 0 spiro atoms. The zero-order valence-electron chi connectivity index (χ0n) is 11.7. The highest BCUT2D eigenvalue weighted by atomic mass is 79.9. The molecule has 2 N–H and O–H groups in total. The molecule has 0 aromatic heterocycles. The molecule has 1 aliphatic carbocycles. The highest BCUT2D eigenvalue weighted by Gasteiger charge is 2.42. The molecule has 3 unspecified atom stereocenters. The molecule has 1 heterocycles. The molecule has 4 heteroatoms. The van der Waals surface area contributed by atoms with Gasteiger partial charge in [0.1, 0.15) is 0 Å². The summed E-state index contributed by atoms with van der Waals surface area (Å²) >= 11 is 3.55. The predicted molar refractivity (Wildman–Crippen MR) is 77.6 cm³/mol. The normalized spacial score (nSPS) is 40.3. The Labute approximate surface area is 119 Å². The van der Waals surface area contributed by atoms with E-state index < -0.39 is 0 Å². The monoisotopic (exact) mass is 316 g/mol. The van der Waals surface area contributed by atoms with Crippen LogP contribution in [0.3, 0.4) is 0 Å². The maximum Gasteiger partial charge on any atom is 0.223 e. The molecule has 3 atom stereocenters. The van der Waals surface area contributed by atoms with Gasteiger partial charge in [0.15, 0.2) is 0 Å². The van der Waals surface area contributed by atoms with Crippen molar-refractivity contribution in [2.75, 3.05) is 13.1 Å². The molecule has 1 aliphatic heterocycles. The summed E-state index contributed by atoms with van der Waals surface area (Å²) < 4.78 is 0. The first-order chi connectivity index (χ1) is 8.19. The van der Waals surface area contributed by atoms with Crippen LogP contribution in [0.25, 0.3) is 0 Å². The van der Waals surface area contributed by atoms with Crippen molar-refractivity contribution in [1.29, 1.82) is 0 Å². The molecule has 2 rings (SSSR count). The van der Waals surface area contributed by atoms with Gasteiger partial charge in [0.25, 0.3) is 0 Å². The van der Waals surface area contributed by atoms with Crippen molar-refractivity contribution in [3.8, 4) is 0 Å². The van der Waals surface area contributed by atoms with E-state index in [4.69, 9.17) is 5.73 Å². The van der Waals surface area contributed by atoms with Gasteiger partial charge in [0.2, 0.25) is 5.91 Å². The number of likely N-dealkylation sites (tertiary alicyclic amines) is 1. The summed E-state index contributed by atoms with van der Waals surface area (Å²) in [5.41, 5.74) is 6.68. The lowest BCUT2D eigenvalue weighted by atomic mass is 9.62. The Morgan fingerprint density at radius 3 is 2.56 bits per heavy atom. The summed E-state index contributed by atoms with van der Waals surface area (Å²) in [5, 5.41) is 0. The topological polar surface area (TPSA) is 46.3 Å². The van der Waals surface area contributed by atoms with E-state index in [1.165, 1.54) is 0 Å². The molecule has 0 radical (unpaired) electrons. The van der Waals surface area contributed by atoms with Crippen molar-refractivity contribution >= 4 is 21.8 Å². The number of alkyl halides is 1. The molecule has 104 valence electrons. The molecule has 1 saturated carbocycles. The fourth-order valence-electron chi connectivity index (χ4n) is 4.17. The van der Waals surface area contributed by atoms with Crippen LogP contribution in [0.2, 0.25) is 0 Å². The van der Waals surface area contributed by atoms with Gasteiger partial charge >= 0.3 is 0 Å². The first-order valence-electron chi connectivity index (χ1n) is 6.87. The van der Waals surface area contributed by atoms with E-state index in [0.717, 1.165) is 32.4 Å². The lowest BCUT2D eigenvalue weighted by molar-refractivity contribution is -0.129. The maximum atomic E-state index is 11.9. The number of nitrogens with zero attached hydrogens (tertiary/aromatic N) is 1. The average molecular weight is 317 g/mol. The van der Waals surface area contributed by atoms with E-state index in [-0.39, 0.29) is 17.4 Å². The van der Waals surface area contributed by atoms with Crippen LogP contribution in [0.1, 0.15) is 46.5 Å². The minimum Gasteiger partial charge on any atom is -0.341 e. The Hall–Kier alpha value is -0.0900. The molecule has 1 saturated heterocycles. The third kappa shape index (κ3) is 3.27. The van der Waals surface area contributed by atoms with E-state index >= 15 is 0 Å². The smallest absolute Gasteiger partial charge is 0.223 e. The largest absolute Gasteiger partial charge is 0.341 e. The van der Waals surface area contributed by atoms with Crippen molar-refractivity contribution in [2.45, 2.75) is 57.3 Å². The van der Waals surface area contributed by atoms with Crippen LogP contribution in [-0.4, -0.2) is 34.8 Å². The number of rotatable bonds is 2. The molecule has 18 heavy (non-hydrogen) atoms. The van der Waals surface area contributed by atoms with Crippen molar-refractivity contribution in [2.24, 2.45) is 16.6 Å². The Balaban J connectivity index is 2.05. The number of hydrogen-bond donors (Lipinski definition) is 1. The molecule has 0 aromatic carbocycles. The van der Waals surface area contributed by atoms with E-state index in [1.807, 2.05) is 4.90 Å². The molecule has 2 fully saturated rings. The summed E-state index contributed by atoms with van der Waals surface area (Å²) in [6.45, 7) is 8.60. The summed E-state index contributed by atoms with van der Waals surface area (Å²) in [6, 6.07) is 0.274. The van der Waals surface area contributed by atoms with Gasteiger partial charge in [-0.1, -0.05) is 36.7 Å². The van der Waals surface area contributed by atoms with Gasteiger partial charge in [-0.25, -0.2) is 0 Å². The number of carbonyl (C=O) groups is 1. The Kier molecular flexibility index (Phi) is 3.81. The Morgan fingerprint density at radius 2 is 2.06 bits per heavy atom. The number of hydrogen-bond acceptors (Lipinski definition) is 2. The molecule has 3 nitrogen and oxygen atoms in total. The van der Waals surface area contributed by atoms with Gasteiger partial charge in [-0.3, -0.25) is 4.79 Å². The first kappa shape index (κ1) is 14.3. The van der Waals surface area contributed by atoms with Crippen LogP contribution in [0, 0.1) is 10.8 Å². The van der Waals surface area contributed by atoms with Gasteiger partial charge in [0, 0.05) is 30.4 Å². The molecule has 0 bridgehead atoms. The van der Waals surface area contributed by atoms with Crippen LogP contribution < -0.4 is 5.73 Å². The fraction of sp³-hybridized carbons (Fsp3) is 0.929. The van der Waals surface area contributed by atoms with E-state index in [0.29, 0.717) is 16.7 Å². The van der Waals surface area contributed by atoms with Gasteiger partial charge < -0.3 is 10.6 Å². The summed E-state index contributed by atoms with van der Waals surface area (Å²) in [7, 11) is 0. The third-order valence-electron chi connectivity index (χ3n) is 4.21. The zero-order valence-corrected chi connectivity index (χ0v) is 13.3. The van der Waals surface area contributed by atoms with Crippen LogP contribution >= 0.6 is 15.9 Å². The van der Waals surface area contributed by atoms with Crippen molar-refractivity contribution < 1.29 is 4.79 Å². The van der Waals surface area contributed by atoms with E-state index in [1.54, 1.807) is 0 Å².